The Bertz CT molecular complexity index is 928. The van der Waals surface area contributed by atoms with Crippen molar-refractivity contribution in [1.82, 2.24) is 0 Å². The second kappa shape index (κ2) is 9.62. The fourth-order valence-electron chi connectivity index (χ4n) is 9.54. The number of allylic oxidation sites excluding steroid dienone is 4. The second-order valence-electron chi connectivity index (χ2n) is 14.1. The monoisotopic (exact) mass is 498 g/mol. The van der Waals surface area contributed by atoms with E-state index in [1.807, 2.05) is 0 Å². The van der Waals surface area contributed by atoms with Crippen LogP contribution in [0.1, 0.15) is 107 Å². The summed E-state index contributed by atoms with van der Waals surface area (Å²) >= 11 is 0. The van der Waals surface area contributed by atoms with Crippen molar-refractivity contribution in [1.29, 1.82) is 0 Å². The van der Waals surface area contributed by atoms with Crippen LogP contribution in [0.15, 0.2) is 23.8 Å². The Morgan fingerprint density at radius 1 is 1.06 bits per heavy atom. The lowest BCUT2D eigenvalue weighted by Crippen LogP contribution is -2.65. The van der Waals surface area contributed by atoms with Crippen LogP contribution in [-0.2, 0) is 19.1 Å². The lowest BCUT2D eigenvalue weighted by Gasteiger charge is -2.69. The van der Waals surface area contributed by atoms with Crippen molar-refractivity contribution in [2.24, 2.45) is 45.3 Å². The molecule has 0 amide bonds. The van der Waals surface area contributed by atoms with Crippen molar-refractivity contribution >= 4 is 11.9 Å². The average molecular weight is 499 g/mol. The highest BCUT2D eigenvalue weighted by Crippen LogP contribution is 2.73. The van der Waals surface area contributed by atoms with Crippen molar-refractivity contribution in [3.63, 3.8) is 0 Å². The molecule has 4 nitrogen and oxygen atoms in total. The zero-order valence-corrected chi connectivity index (χ0v) is 24.1. The molecule has 0 aromatic carbocycles. The second-order valence-corrected chi connectivity index (χ2v) is 14.1. The quantitative estimate of drug-likeness (QED) is 0.288. The van der Waals surface area contributed by atoms with Gasteiger partial charge in [0, 0.05) is 17.8 Å². The Balaban J connectivity index is 1.68. The molecule has 202 valence electrons. The van der Waals surface area contributed by atoms with Crippen LogP contribution in [0.2, 0.25) is 0 Å². The van der Waals surface area contributed by atoms with Crippen molar-refractivity contribution in [2.75, 3.05) is 6.61 Å². The summed E-state index contributed by atoms with van der Waals surface area (Å²) in [4.78, 5) is 24.6. The summed E-state index contributed by atoms with van der Waals surface area (Å²) in [6, 6.07) is 0. The minimum absolute atomic E-state index is 0.0117. The standard InChI is InChI=1S/C32H50O4/c1-21(2)10-9-11-22(3)18-24-12-13-26-30(7)16-15-27(36-23(4)33)29(5,6)25(30)14-17-31(26,8)32(24)19-28(34)35-20-32/h9,11,18,21,24-27H,10,12-17,19-20H2,1-8H3. The molecular formula is C32H50O4. The molecule has 0 aromatic rings. The molecule has 0 bridgehead atoms. The highest BCUT2D eigenvalue weighted by Gasteiger charge is 2.69. The van der Waals surface area contributed by atoms with E-state index in [2.05, 4.69) is 66.7 Å². The molecule has 1 aliphatic heterocycles. The fraction of sp³-hybridized carbons (Fsp3) is 0.812. The number of cyclic esters (lactones) is 1. The van der Waals surface area contributed by atoms with Crippen molar-refractivity contribution in [3.05, 3.63) is 23.8 Å². The Hall–Kier alpha value is -1.58. The number of rotatable bonds is 5. The van der Waals surface area contributed by atoms with Crippen LogP contribution >= 0.6 is 0 Å². The summed E-state index contributed by atoms with van der Waals surface area (Å²) in [7, 11) is 0. The summed E-state index contributed by atoms with van der Waals surface area (Å²) in [5.41, 5.74) is 1.35. The molecule has 0 radical (unpaired) electrons. The minimum Gasteiger partial charge on any atom is -0.465 e. The molecule has 7 atom stereocenters. The Morgan fingerprint density at radius 2 is 1.78 bits per heavy atom. The lowest BCUT2D eigenvalue weighted by molar-refractivity contribution is -0.227. The van der Waals surface area contributed by atoms with Gasteiger partial charge >= 0.3 is 11.9 Å². The van der Waals surface area contributed by atoms with Crippen LogP contribution < -0.4 is 0 Å². The molecule has 0 aromatic heterocycles. The Labute approximate surface area is 219 Å². The van der Waals surface area contributed by atoms with Crippen molar-refractivity contribution < 1.29 is 19.1 Å². The predicted octanol–water partition coefficient (Wildman–Crippen LogP) is 7.67. The van der Waals surface area contributed by atoms with Gasteiger partial charge in [-0.25, -0.2) is 0 Å². The SMILES string of the molecule is CC(=O)OC1CCC2(C)C(CCC3(C)C2CCC(C=C(C)C=CCC(C)C)C32COC(=O)C2)C1(C)C. The first-order chi connectivity index (χ1) is 16.8. The van der Waals surface area contributed by atoms with Crippen LogP contribution in [0.3, 0.4) is 0 Å². The third kappa shape index (κ3) is 4.39. The number of hydrogen-bond donors (Lipinski definition) is 0. The van der Waals surface area contributed by atoms with Gasteiger partial charge in [0.1, 0.15) is 6.10 Å². The molecular weight excluding hydrogens is 448 g/mol. The van der Waals surface area contributed by atoms with Crippen molar-refractivity contribution in [3.8, 4) is 0 Å². The summed E-state index contributed by atoms with van der Waals surface area (Å²) in [5.74, 6) is 1.88. The predicted molar refractivity (Wildman–Crippen MR) is 144 cm³/mol. The van der Waals surface area contributed by atoms with E-state index in [0.717, 1.165) is 38.5 Å². The molecule has 1 saturated heterocycles. The normalized spacial score (nSPS) is 42.4. The molecule has 4 heteroatoms. The first-order valence-electron chi connectivity index (χ1n) is 14.4. The number of carbonyl (C=O) groups is 2. The van der Waals surface area contributed by atoms with Gasteiger partial charge in [0.2, 0.25) is 0 Å². The zero-order valence-electron chi connectivity index (χ0n) is 24.1. The zero-order chi connectivity index (χ0) is 26.5. The molecule has 0 N–H and O–H groups in total. The number of ether oxygens (including phenoxy) is 2. The maximum Gasteiger partial charge on any atom is 0.306 e. The summed E-state index contributed by atoms with van der Waals surface area (Å²) in [5, 5.41) is 0. The van der Waals surface area contributed by atoms with Crippen LogP contribution in [-0.4, -0.2) is 24.6 Å². The van der Waals surface area contributed by atoms with Gasteiger partial charge in [0.25, 0.3) is 0 Å². The van der Waals surface area contributed by atoms with E-state index in [9.17, 15) is 9.59 Å². The number of esters is 2. The maximum absolute atomic E-state index is 12.7. The molecule has 1 heterocycles. The van der Waals surface area contributed by atoms with Gasteiger partial charge in [-0.1, -0.05) is 65.3 Å². The van der Waals surface area contributed by atoms with E-state index in [-0.39, 0.29) is 39.7 Å². The largest absolute Gasteiger partial charge is 0.465 e. The van der Waals surface area contributed by atoms with Gasteiger partial charge < -0.3 is 9.47 Å². The highest BCUT2D eigenvalue weighted by atomic mass is 16.5. The van der Waals surface area contributed by atoms with Gasteiger partial charge in [0.15, 0.2) is 0 Å². The number of fused-ring (bicyclic) bond motifs is 4. The fourth-order valence-corrected chi connectivity index (χ4v) is 9.54. The lowest BCUT2D eigenvalue weighted by atomic mass is 9.35. The summed E-state index contributed by atoms with van der Waals surface area (Å²) in [6.07, 6.45) is 15.2. The molecule has 4 rings (SSSR count). The van der Waals surface area contributed by atoms with E-state index in [0.29, 0.717) is 36.7 Å². The maximum atomic E-state index is 12.7. The van der Waals surface area contributed by atoms with Crippen LogP contribution in [0.4, 0.5) is 0 Å². The molecule has 3 saturated carbocycles. The van der Waals surface area contributed by atoms with Crippen molar-refractivity contribution in [2.45, 2.75) is 113 Å². The van der Waals surface area contributed by atoms with Gasteiger partial charge in [0.05, 0.1) is 13.0 Å². The first kappa shape index (κ1) is 27.5. The summed E-state index contributed by atoms with van der Waals surface area (Å²) in [6.45, 7) is 18.5. The smallest absolute Gasteiger partial charge is 0.306 e. The molecule has 36 heavy (non-hydrogen) atoms. The van der Waals surface area contributed by atoms with Crippen LogP contribution in [0.5, 0.6) is 0 Å². The molecule has 4 aliphatic rings. The Morgan fingerprint density at radius 3 is 2.39 bits per heavy atom. The number of carbonyl (C=O) groups excluding carboxylic acids is 2. The topological polar surface area (TPSA) is 52.6 Å². The van der Waals surface area contributed by atoms with E-state index in [1.165, 1.54) is 18.9 Å². The molecule has 7 unspecified atom stereocenters. The molecule has 1 spiro atoms. The van der Waals surface area contributed by atoms with E-state index < -0.39 is 0 Å². The first-order valence-corrected chi connectivity index (χ1v) is 14.4. The minimum atomic E-state index is -0.164. The van der Waals surface area contributed by atoms with Gasteiger partial charge in [-0.2, -0.15) is 0 Å². The average Bonchev–Trinajstić information content (AvgIpc) is 3.16. The van der Waals surface area contributed by atoms with Crippen LogP contribution in [0, 0.1) is 45.3 Å². The van der Waals surface area contributed by atoms with Crippen LogP contribution in [0.25, 0.3) is 0 Å². The van der Waals surface area contributed by atoms with E-state index >= 15 is 0 Å². The Kier molecular flexibility index (Phi) is 7.34. The summed E-state index contributed by atoms with van der Waals surface area (Å²) < 4.78 is 11.7. The number of hydrogen-bond acceptors (Lipinski definition) is 4. The van der Waals surface area contributed by atoms with E-state index in [4.69, 9.17) is 9.47 Å². The molecule has 4 fully saturated rings. The third-order valence-corrected chi connectivity index (χ3v) is 11.3. The van der Waals surface area contributed by atoms with Gasteiger partial charge in [-0.05, 0) is 86.4 Å². The molecule has 3 aliphatic carbocycles. The highest BCUT2D eigenvalue weighted by molar-refractivity contribution is 5.73. The van der Waals surface area contributed by atoms with E-state index in [1.54, 1.807) is 0 Å². The van der Waals surface area contributed by atoms with Gasteiger partial charge in [-0.3, -0.25) is 9.59 Å². The third-order valence-electron chi connectivity index (χ3n) is 11.3. The van der Waals surface area contributed by atoms with Gasteiger partial charge in [-0.15, -0.1) is 0 Å².